The maximum absolute atomic E-state index is 12.4. The molecule has 0 spiro atoms. The van der Waals surface area contributed by atoms with Gasteiger partial charge >= 0.3 is 0 Å². The van der Waals surface area contributed by atoms with Crippen molar-refractivity contribution in [3.8, 4) is 0 Å². The Balaban J connectivity index is 2.40. The number of fused-ring (bicyclic) bond motifs is 1. The van der Waals surface area contributed by atoms with Crippen LogP contribution < -0.4 is 0 Å². The van der Waals surface area contributed by atoms with E-state index in [0.717, 1.165) is 13.1 Å². The molecule has 120 valence electrons. The van der Waals surface area contributed by atoms with Gasteiger partial charge in [-0.05, 0) is 26.1 Å². The molecular formula is C18H19NO4. The molecule has 0 unspecified atom stereocenters. The van der Waals surface area contributed by atoms with Gasteiger partial charge in [-0.1, -0.05) is 30.3 Å². The smallest absolute Gasteiger partial charge is 0.219 e. The van der Waals surface area contributed by atoms with Gasteiger partial charge in [-0.2, -0.15) is 0 Å². The molecule has 0 atom stereocenters. The number of hydrogen-bond acceptors (Lipinski definition) is 5. The van der Waals surface area contributed by atoms with Crippen LogP contribution in [-0.2, 0) is 4.79 Å². The van der Waals surface area contributed by atoms with Crippen molar-refractivity contribution >= 4 is 17.9 Å². The molecule has 5 heteroatoms. The van der Waals surface area contributed by atoms with Crippen LogP contribution in [0.4, 0.5) is 0 Å². The van der Waals surface area contributed by atoms with Crippen molar-refractivity contribution in [2.24, 2.45) is 0 Å². The molecule has 0 radical (unpaired) electrons. The van der Waals surface area contributed by atoms with E-state index in [4.69, 9.17) is 0 Å². The van der Waals surface area contributed by atoms with E-state index in [9.17, 15) is 19.5 Å². The number of benzene rings is 1. The predicted molar refractivity (Wildman–Crippen MR) is 86.3 cm³/mol. The summed E-state index contributed by atoms with van der Waals surface area (Å²) in [4.78, 5) is 38.2. The number of ketones is 2. The molecular weight excluding hydrogens is 294 g/mol. The number of aldehydes is 1. The Morgan fingerprint density at radius 3 is 2.09 bits per heavy atom. The van der Waals surface area contributed by atoms with Crippen LogP contribution in [0.25, 0.3) is 0 Å². The molecule has 0 bridgehead atoms. The molecule has 1 aliphatic carbocycles. The summed E-state index contributed by atoms with van der Waals surface area (Å²) in [5.74, 6) is -1.51. The van der Waals surface area contributed by atoms with Crippen LogP contribution in [0, 0.1) is 0 Å². The van der Waals surface area contributed by atoms with Gasteiger partial charge in [0.2, 0.25) is 17.2 Å². The van der Waals surface area contributed by atoms with Gasteiger partial charge in [-0.25, -0.2) is 0 Å². The van der Waals surface area contributed by atoms with Gasteiger partial charge in [0, 0.05) is 29.8 Å². The number of carbonyl (C=O) groups excluding carboxylic acids is 3. The topological polar surface area (TPSA) is 74.7 Å². The number of hydrogen-bond donors (Lipinski definition) is 1. The first-order valence-corrected chi connectivity index (χ1v) is 7.49. The fourth-order valence-corrected chi connectivity index (χ4v) is 2.58. The Bertz CT molecular complexity index is 664. The first kappa shape index (κ1) is 16.8. The molecule has 1 N–H and O–H groups in total. The number of carbonyl (C=O) groups is 3. The van der Waals surface area contributed by atoms with E-state index in [1.807, 2.05) is 18.7 Å². The molecule has 5 nitrogen and oxygen atoms in total. The second-order valence-electron chi connectivity index (χ2n) is 5.22. The highest BCUT2D eigenvalue weighted by molar-refractivity contribution is 6.35. The van der Waals surface area contributed by atoms with E-state index in [1.54, 1.807) is 24.4 Å². The van der Waals surface area contributed by atoms with Crippen molar-refractivity contribution in [2.45, 2.75) is 19.4 Å². The average Bonchev–Trinajstić information content (AvgIpc) is 2.78. The van der Waals surface area contributed by atoms with Crippen molar-refractivity contribution in [3.05, 3.63) is 59.3 Å². The van der Waals surface area contributed by atoms with E-state index < -0.39 is 17.2 Å². The van der Waals surface area contributed by atoms with E-state index in [1.165, 1.54) is 18.2 Å². The SMILES string of the molecule is CCN(/C=C/C=C(\C=O)C1(O)C(=O)c2ccccc2C1=O)CC. The molecule has 23 heavy (non-hydrogen) atoms. The quantitative estimate of drug-likeness (QED) is 0.375. The van der Waals surface area contributed by atoms with E-state index in [-0.39, 0.29) is 16.7 Å². The number of nitrogens with zero attached hydrogens (tertiary/aromatic N) is 1. The first-order chi connectivity index (χ1) is 11.0. The molecule has 0 saturated carbocycles. The summed E-state index contributed by atoms with van der Waals surface area (Å²) in [6.07, 6.45) is 4.96. The van der Waals surface area contributed by atoms with Gasteiger partial charge in [-0.15, -0.1) is 0 Å². The minimum Gasteiger partial charge on any atom is -0.378 e. The molecule has 0 heterocycles. The predicted octanol–water partition coefficient (Wildman–Crippen LogP) is 1.78. The summed E-state index contributed by atoms with van der Waals surface area (Å²) < 4.78 is 0. The van der Waals surface area contributed by atoms with Gasteiger partial charge in [0.25, 0.3) is 0 Å². The monoisotopic (exact) mass is 313 g/mol. The highest BCUT2D eigenvalue weighted by Gasteiger charge is 2.54. The number of allylic oxidation sites excluding steroid dienone is 2. The lowest BCUT2D eigenvalue weighted by Gasteiger charge is -2.19. The standard InChI is InChI=1S/C18H19NO4/c1-3-19(4-2)11-7-8-13(12-20)18(23)16(21)14-9-5-6-10-15(14)17(18)22/h5-12,23H,3-4H2,1-2H3/b11-7+,13-8+. The normalized spacial score (nSPS) is 16.7. The maximum atomic E-state index is 12.4. The molecule has 0 aliphatic heterocycles. The average molecular weight is 313 g/mol. The fraction of sp³-hybridized carbons (Fsp3) is 0.278. The molecule has 0 fully saturated rings. The summed E-state index contributed by atoms with van der Waals surface area (Å²) in [5, 5.41) is 10.6. The fourth-order valence-electron chi connectivity index (χ4n) is 2.58. The van der Waals surface area contributed by atoms with Gasteiger partial charge in [0.1, 0.15) is 6.29 Å². The molecule has 0 aromatic heterocycles. The van der Waals surface area contributed by atoms with Gasteiger partial charge in [0.15, 0.2) is 0 Å². The second kappa shape index (κ2) is 6.71. The molecule has 2 rings (SSSR count). The summed E-state index contributed by atoms with van der Waals surface area (Å²) in [7, 11) is 0. The number of Topliss-reactive ketones (excluding diaryl/α,β-unsaturated/α-hetero) is 2. The van der Waals surface area contributed by atoms with Gasteiger partial charge < -0.3 is 10.0 Å². The third-order valence-electron chi connectivity index (χ3n) is 4.00. The zero-order chi connectivity index (χ0) is 17.0. The van der Waals surface area contributed by atoms with Crippen LogP contribution >= 0.6 is 0 Å². The van der Waals surface area contributed by atoms with Crippen LogP contribution in [0.3, 0.4) is 0 Å². The van der Waals surface area contributed by atoms with Crippen LogP contribution in [0.2, 0.25) is 0 Å². The summed E-state index contributed by atoms with van der Waals surface area (Å²) in [6.45, 7) is 5.52. The zero-order valence-corrected chi connectivity index (χ0v) is 13.2. The second-order valence-corrected chi connectivity index (χ2v) is 5.22. The summed E-state index contributed by atoms with van der Waals surface area (Å²) in [5.41, 5.74) is -2.41. The highest BCUT2D eigenvalue weighted by atomic mass is 16.3. The summed E-state index contributed by atoms with van der Waals surface area (Å²) in [6, 6.07) is 6.17. The van der Waals surface area contributed by atoms with Crippen LogP contribution in [0.15, 0.2) is 48.2 Å². The van der Waals surface area contributed by atoms with Crippen molar-refractivity contribution in [3.63, 3.8) is 0 Å². The van der Waals surface area contributed by atoms with Crippen LogP contribution in [0.1, 0.15) is 34.6 Å². The highest BCUT2D eigenvalue weighted by Crippen LogP contribution is 2.34. The third kappa shape index (κ3) is 2.75. The van der Waals surface area contributed by atoms with Crippen LogP contribution in [0.5, 0.6) is 0 Å². The minimum atomic E-state index is -2.43. The van der Waals surface area contributed by atoms with E-state index in [2.05, 4.69) is 0 Å². The molecule has 1 aromatic carbocycles. The van der Waals surface area contributed by atoms with Crippen molar-refractivity contribution in [1.29, 1.82) is 0 Å². The maximum Gasteiger partial charge on any atom is 0.219 e. The number of aliphatic hydroxyl groups is 1. The Morgan fingerprint density at radius 1 is 1.13 bits per heavy atom. The van der Waals surface area contributed by atoms with Crippen molar-refractivity contribution in [2.75, 3.05) is 13.1 Å². The Hall–Kier alpha value is -2.53. The lowest BCUT2D eigenvalue weighted by atomic mass is 9.89. The molecule has 1 aromatic rings. The lowest BCUT2D eigenvalue weighted by molar-refractivity contribution is -0.106. The van der Waals surface area contributed by atoms with Crippen LogP contribution in [-0.4, -0.2) is 46.5 Å². The Kier molecular flexibility index (Phi) is 4.91. The van der Waals surface area contributed by atoms with E-state index in [0.29, 0.717) is 6.29 Å². The summed E-state index contributed by atoms with van der Waals surface area (Å²) >= 11 is 0. The molecule has 0 saturated heterocycles. The number of rotatable bonds is 6. The lowest BCUT2D eigenvalue weighted by Crippen LogP contribution is -2.43. The van der Waals surface area contributed by atoms with Crippen molar-refractivity contribution < 1.29 is 19.5 Å². The molecule has 1 aliphatic rings. The Labute approximate surface area is 134 Å². The van der Waals surface area contributed by atoms with Crippen molar-refractivity contribution in [1.82, 2.24) is 4.90 Å². The zero-order valence-electron chi connectivity index (χ0n) is 13.2. The van der Waals surface area contributed by atoms with Gasteiger partial charge in [-0.3, -0.25) is 14.4 Å². The van der Waals surface area contributed by atoms with E-state index >= 15 is 0 Å². The Morgan fingerprint density at radius 2 is 1.65 bits per heavy atom. The first-order valence-electron chi connectivity index (χ1n) is 7.49. The third-order valence-corrected chi connectivity index (χ3v) is 4.00. The minimum absolute atomic E-state index is 0.139. The molecule has 0 amide bonds. The van der Waals surface area contributed by atoms with Gasteiger partial charge in [0.05, 0.1) is 0 Å². The largest absolute Gasteiger partial charge is 0.378 e.